The lowest BCUT2D eigenvalue weighted by molar-refractivity contribution is -0.147. The third-order valence-electron chi connectivity index (χ3n) is 3.63. The lowest BCUT2D eigenvalue weighted by Gasteiger charge is -2.34. The van der Waals surface area contributed by atoms with E-state index in [1.807, 2.05) is 4.90 Å². The number of piperidine rings is 1. The van der Waals surface area contributed by atoms with Crippen LogP contribution >= 0.6 is 0 Å². The fourth-order valence-electron chi connectivity index (χ4n) is 2.49. The summed E-state index contributed by atoms with van der Waals surface area (Å²) in [6, 6.07) is 0. The molecule has 0 saturated carbocycles. The van der Waals surface area contributed by atoms with Gasteiger partial charge in [0.25, 0.3) is 5.91 Å². The SMILES string of the molecule is CNC(=O)C1CCN(C(=O)C2CNCCO2)CC1. The van der Waals surface area contributed by atoms with Crippen molar-refractivity contribution in [2.75, 3.05) is 39.8 Å². The fourth-order valence-corrected chi connectivity index (χ4v) is 2.49. The number of carbonyl (C=O) groups excluding carboxylic acids is 2. The van der Waals surface area contributed by atoms with Crippen molar-refractivity contribution >= 4 is 11.8 Å². The molecule has 2 fully saturated rings. The topological polar surface area (TPSA) is 70.7 Å². The van der Waals surface area contributed by atoms with E-state index in [-0.39, 0.29) is 23.8 Å². The third-order valence-corrected chi connectivity index (χ3v) is 3.63. The molecule has 18 heavy (non-hydrogen) atoms. The normalized spacial score (nSPS) is 25.8. The van der Waals surface area contributed by atoms with Crippen molar-refractivity contribution in [3.05, 3.63) is 0 Å². The molecule has 2 heterocycles. The molecule has 6 heteroatoms. The molecule has 0 radical (unpaired) electrons. The van der Waals surface area contributed by atoms with Crippen LogP contribution in [-0.2, 0) is 14.3 Å². The number of likely N-dealkylation sites (tertiary alicyclic amines) is 1. The molecule has 6 nitrogen and oxygen atoms in total. The van der Waals surface area contributed by atoms with Crippen LogP contribution in [0.25, 0.3) is 0 Å². The van der Waals surface area contributed by atoms with Gasteiger partial charge in [-0.1, -0.05) is 0 Å². The summed E-state index contributed by atoms with van der Waals surface area (Å²) in [6.07, 6.45) is 1.13. The summed E-state index contributed by atoms with van der Waals surface area (Å²) in [5.74, 6) is 0.180. The second-order valence-electron chi connectivity index (χ2n) is 4.78. The molecule has 0 aromatic rings. The highest BCUT2D eigenvalue weighted by Gasteiger charge is 2.31. The van der Waals surface area contributed by atoms with Gasteiger partial charge in [-0.25, -0.2) is 0 Å². The molecule has 2 saturated heterocycles. The van der Waals surface area contributed by atoms with Gasteiger partial charge in [0, 0.05) is 39.1 Å². The van der Waals surface area contributed by atoms with Gasteiger partial charge in [-0.3, -0.25) is 9.59 Å². The second-order valence-corrected chi connectivity index (χ2v) is 4.78. The number of carbonyl (C=O) groups is 2. The smallest absolute Gasteiger partial charge is 0.253 e. The van der Waals surface area contributed by atoms with Crippen LogP contribution in [0.5, 0.6) is 0 Å². The second kappa shape index (κ2) is 6.15. The van der Waals surface area contributed by atoms with E-state index in [2.05, 4.69) is 10.6 Å². The van der Waals surface area contributed by atoms with E-state index in [4.69, 9.17) is 4.74 Å². The zero-order valence-electron chi connectivity index (χ0n) is 10.8. The Morgan fingerprint density at radius 1 is 1.33 bits per heavy atom. The van der Waals surface area contributed by atoms with E-state index < -0.39 is 0 Å². The Labute approximate surface area is 107 Å². The number of rotatable bonds is 2. The van der Waals surface area contributed by atoms with Gasteiger partial charge >= 0.3 is 0 Å². The van der Waals surface area contributed by atoms with Crippen molar-refractivity contribution in [3.63, 3.8) is 0 Å². The summed E-state index contributed by atoms with van der Waals surface area (Å²) in [4.78, 5) is 25.5. The third kappa shape index (κ3) is 3.00. The summed E-state index contributed by atoms with van der Waals surface area (Å²) >= 11 is 0. The minimum atomic E-state index is -0.352. The molecule has 0 aromatic heterocycles. The summed E-state index contributed by atoms with van der Waals surface area (Å²) in [5.41, 5.74) is 0. The van der Waals surface area contributed by atoms with Gasteiger partial charge < -0.3 is 20.3 Å². The zero-order valence-corrected chi connectivity index (χ0v) is 10.8. The number of amides is 2. The van der Waals surface area contributed by atoms with Crippen LogP contribution in [0.4, 0.5) is 0 Å². The van der Waals surface area contributed by atoms with E-state index in [9.17, 15) is 9.59 Å². The summed E-state index contributed by atoms with van der Waals surface area (Å²) < 4.78 is 5.46. The molecule has 1 unspecified atom stereocenters. The number of hydrogen-bond donors (Lipinski definition) is 2. The average Bonchev–Trinajstić information content (AvgIpc) is 2.47. The van der Waals surface area contributed by atoms with Crippen LogP contribution < -0.4 is 10.6 Å². The maximum Gasteiger partial charge on any atom is 0.253 e. The van der Waals surface area contributed by atoms with Gasteiger partial charge in [0.05, 0.1) is 6.61 Å². The first-order valence-electron chi connectivity index (χ1n) is 6.55. The van der Waals surface area contributed by atoms with Gasteiger partial charge in [-0.2, -0.15) is 0 Å². The molecule has 0 aliphatic carbocycles. The fraction of sp³-hybridized carbons (Fsp3) is 0.833. The Morgan fingerprint density at radius 3 is 2.61 bits per heavy atom. The van der Waals surface area contributed by atoms with Crippen LogP contribution in [0, 0.1) is 5.92 Å². The van der Waals surface area contributed by atoms with Crippen LogP contribution in [0.15, 0.2) is 0 Å². The van der Waals surface area contributed by atoms with Gasteiger partial charge in [0.1, 0.15) is 6.10 Å². The summed E-state index contributed by atoms with van der Waals surface area (Å²) in [6.45, 7) is 3.29. The molecular formula is C12H21N3O3. The van der Waals surface area contributed by atoms with E-state index >= 15 is 0 Å². The lowest BCUT2D eigenvalue weighted by atomic mass is 9.95. The number of nitrogens with zero attached hydrogens (tertiary/aromatic N) is 1. The molecule has 2 rings (SSSR count). The minimum Gasteiger partial charge on any atom is -0.366 e. The van der Waals surface area contributed by atoms with E-state index in [0.717, 1.165) is 19.4 Å². The van der Waals surface area contributed by atoms with Gasteiger partial charge in [-0.05, 0) is 12.8 Å². The first-order valence-corrected chi connectivity index (χ1v) is 6.55. The number of nitrogens with one attached hydrogen (secondary N) is 2. The van der Waals surface area contributed by atoms with Crippen LogP contribution in [-0.4, -0.2) is 62.7 Å². The number of ether oxygens (including phenoxy) is 1. The van der Waals surface area contributed by atoms with E-state index in [1.165, 1.54) is 0 Å². The van der Waals surface area contributed by atoms with Crippen LogP contribution in [0.2, 0.25) is 0 Å². The molecule has 2 N–H and O–H groups in total. The maximum absolute atomic E-state index is 12.2. The molecule has 0 aromatic carbocycles. The summed E-state index contributed by atoms with van der Waals surface area (Å²) in [7, 11) is 1.65. The zero-order chi connectivity index (χ0) is 13.0. The average molecular weight is 255 g/mol. The van der Waals surface area contributed by atoms with Gasteiger partial charge in [0.15, 0.2) is 0 Å². The largest absolute Gasteiger partial charge is 0.366 e. The van der Waals surface area contributed by atoms with E-state index in [0.29, 0.717) is 26.2 Å². The highest BCUT2D eigenvalue weighted by atomic mass is 16.5. The monoisotopic (exact) mass is 255 g/mol. The molecular weight excluding hydrogens is 234 g/mol. The van der Waals surface area contributed by atoms with Gasteiger partial charge in [0.2, 0.25) is 5.91 Å². The molecule has 0 bridgehead atoms. The number of morpholine rings is 1. The Balaban J connectivity index is 1.81. The first kappa shape index (κ1) is 13.3. The van der Waals surface area contributed by atoms with Crippen LogP contribution in [0.3, 0.4) is 0 Å². The van der Waals surface area contributed by atoms with Gasteiger partial charge in [-0.15, -0.1) is 0 Å². The van der Waals surface area contributed by atoms with Crippen LogP contribution in [0.1, 0.15) is 12.8 Å². The standard InChI is InChI=1S/C12H21N3O3/c1-13-11(16)9-2-5-15(6-3-9)12(17)10-8-14-4-7-18-10/h9-10,14H,2-8H2,1H3,(H,13,16). The van der Waals surface area contributed by atoms with Crippen molar-refractivity contribution in [1.29, 1.82) is 0 Å². The van der Waals surface area contributed by atoms with Crippen molar-refractivity contribution in [3.8, 4) is 0 Å². The molecule has 1 atom stereocenters. The predicted octanol–water partition coefficient (Wildman–Crippen LogP) is -1.04. The molecule has 2 amide bonds. The minimum absolute atomic E-state index is 0.0458. The molecule has 0 spiro atoms. The Bertz CT molecular complexity index is 308. The van der Waals surface area contributed by atoms with E-state index in [1.54, 1.807) is 7.05 Å². The lowest BCUT2D eigenvalue weighted by Crippen LogP contribution is -2.52. The highest BCUT2D eigenvalue weighted by molar-refractivity contribution is 5.82. The highest BCUT2D eigenvalue weighted by Crippen LogP contribution is 2.18. The summed E-state index contributed by atoms with van der Waals surface area (Å²) in [5, 5.41) is 5.82. The Kier molecular flexibility index (Phi) is 4.54. The Hall–Kier alpha value is -1.14. The predicted molar refractivity (Wildman–Crippen MR) is 66.0 cm³/mol. The quantitative estimate of drug-likeness (QED) is 0.661. The van der Waals surface area contributed by atoms with Crippen molar-refractivity contribution in [2.45, 2.75) is 18.9 Å². The first-order chi connectivity index (χ1) is 8.72. The number of hydrogen-bond acceptors (Lipinski definition) is 4. The molecule has 2 aliphatic heterocycles. The molecule has 2 aliphatic rings. The Morgan fingerprint density at radius 2 is 2.06 bits per heavy atom. The van der Waals surface area contributed by atoms with Crippen molar-refractivity contribution < 1.29 is 14.3 Å². The van der Waals surface area contributed by atoms with Crippen molar-refractivity contribution in [1.82, 2.24) is 15.5 Å². The maximum atomic E-state index is 12.2. The molecule has 102 valence electrons. The van der Waals surface area contributed by atoms with Crippen molar-refractivity contribution in [2.24, 2.45) is 5.92 Å².